The van der Waals surface area contributed by atoms with E-state index in [9.17, 15) is 0 Å². The van der Waals surface area contributed by atoms with Gasteiger partial charge in [-0.1, -0.05) is 12.1 Å². The van der Waals surface area contributed by atoms with Gasteiger partial charge >= 0.3 is 0 Å². The molecule has 1 aromatic rings. The summed E-state index contributed by atoms with van der Waals surface area (Å²) in [5, 5.41) is 12.4. The number of aromatic nitrogens is 1. The van der Waals surface area contributed by atoms with Gasteiger partial charge in [-0.25, -0.2) is 0 Å². The maximum atomic E-state index is 8.68. The van der Waals surface area contributed by atoms with Crippen LogP contribution in [0.4, 0.5) is 0 Å². The average Bonchev–Trinajstić information content (AvgIpc) is 2.40. The molecule has 10 heavy (non-hydrogen) atoms. The van der Waals surface area contributed by atoms with Crippen molar-refractivity contribution in [3.05, 3.63) is 18.0 Å². The van der Waals surface area contributed by atoms with Crippen LogP contribution < -0.4 is 0 Å². The summed E-state index contributed by atoms with van der Waals surface area (Å²) in [6, 6.07) is 1.81. The predicted molar refractivity (Wildman–Crippen MR) is 36.5 cm³/mol. The number of rotatable bonds is 3. The molecular formula is C7H11NO2. The van der Waals surface area contributed by atoms with Crippen LogP contribution in [-0.4, -0.2) is 16.9 Å². The molecule has 0 aliphatic carbocycles. The van der Waals surface area contributed by atoms with Crippen molar-refractivity contribution in [1.29, 1.82) is 0 Å². The summed E-state index contributed by atoms with van der Waals surface area (Å²) in [7, 11) is 0. The van der Waals surface area contributed by atoms with Crippen LogP contribution in [0.3, 0.4) is 0 Å². The zero-order valence-electron chi connectivity index (χ0n) is 5.95. The number of aliphatic hydroxyl groups excluding tert-OH is 1. The Bertz CT molecular complexity index is 172. The van der Waals surface area contributed by atoms with E-state index in [4.69, 9.17) is 5.11 Å². The topological polar surface area (TPSA) is 46.3 Å². The summed E-state index contributed by atoms with van der Waals surface area (Å²) < 4.78 is 4.63. The lowest BCUT2D eigenvalue weighted by Gasteiger charge is -2.01. The smallest absolute Gasteiger partial charge is 0.124 e. The van der Waals surface area contributed by atoms with Crippen LogP contribution in [0.5, 0.6) is 0 Å². The van der Waals surface area contributed by atoms with E-state index in [0.29, 0.717) is 0 Å². The van der Waals surface area contributed by atoms with E-state index in [-0.39, 0.29) is 12.5 Å². The lowest BCUT2D eigenvalue weighted by atomic mass is 10.1. The van der Waals surface area contributed by atoms with Gasteiger partial charge in [-0.05, 0) is 12.3 Å². The fraction of sp³-hybridized carbons (Fsp3) is 0.571. The van der Waals surface area contributed by atoms with Crippen LogP contribution in [0.15, 0.2) is 16.9 Å². The van der Waals surface area contributed by atoms with E-state index in [1.165, 1.54) is 0 Å². The van der Waals surface area contributed by atoms with Crippen molar-refractivity contribution >= 4 is 0 Å². The first kappa shape index (κ1) is 7.28. The Morgan fingerprint density at radius 2 is 2.60 bits per heavy atom. The fourth-order valence-electron chi connectivity index (χ4n) is 0.764. The van der Waals surface area contributed by atoms with Crippen molar-refractivity contribution in [2.45, 2.75) is 13.3 Å². The van der Waals surface area contributed by atoms with Crippen LogP contribution in [-0.2, 0) is 6.42 Å². The average molecular weight is 141 g/mol. The molecule has 1 unspecified atom stereocenters. The molecule has 0 saturated heterocycles. The molecule has 0 fully saturated rings. The van der Waals surface area contributed by atoms with Gasteiger partial charge in [0.05, 0.1) is 5.69 Å². The van der Waals surface area contributed by atoms with Gasteiger partial charge in [0.25, 0.3) is 0 Å². The van der Waals surface area contributed by atoms with E-state index in [2.05, 4.69) is 9.68 Å². The van der Waals surface area contributed by atoms with Gasteiger partial charge in [0.2, 0.25) is 0 Å². The van der Waals surface area contributed by atoms with E-state index < -0.39 is 0 Å². The second-order valence-corrected chi connectivity index (χ2v) is 2.48. The highest BCUT2D eigenvalue weighted by atomic mass is 16.5. The Balaban J connectivity index is 2.40. The van der Waals surface area contributed by atoms with E-state index in [1.54, 1.807) is 6.26 Å². The molecule has 0 radical (unpaired) electrons. The van der Waals surface area contributed by atoms with Crippen LogP contribution in [0.25, 0.3) is 0 Å². The summed E-state index contributed by atoms with van der Waals surface area (Å²) in [6.45, 7) is 2.17. The molecule has 0 saturated carbocycles. The van der Waals surface area contributed by atoms with Gasteiger partial charge in [0, 0.05) is 12.7 Å². The van der Waals surface area contributed by atoms with Crippen molar-refractivity contribution in [3.63, 3.8) is 0 Å². The van der Waals surface area contributed by atoms with Crippen molar-refractivity contribution < 1.29 is 9.63 Å². The molecule has 0 bridgehead atoms. The van der Waals surface area contributed by atoms with Gasteiger partial charge in [-0.3, -0.25) is 0 Å². The zero-order valence-corrected chi connectivity index (χ0v) is 5.95. The monoisotopic (exact) mass is 141 g/mol. The van der Waals surface area contributed by atoms with E-state index >= 15 is 0 Å². The SMILES string of the molecule is CC(CO)Cc1ccon1. The van der Waals surface area contributed by atoms with Crippen LogP contribution in [0.1, 0.15) is 12.6 Å². The summed E-state index contributed by atoms with van der Waals surface area (Å²) in [6.07, 6.45) is 2.33. The largest absolute Gasteiger partial charge is 0.396 e. The Labute approximate surface area is 59.7 Å². The molecule has 1 N–H and O–H groups in total. The molecule has 1 heterocycles. The van der Waals surface area contributed by atoms with Crippen molar-refractivity contribution in [3.8, 4) is 0 Å². The molecule has 56 valence electrons. The first-order valence-electron chi connectivity index (χ1n) is 3.33. The third kappa shape index (κ3) is 1.84. The molecule has 1 aromatic heterocycles. The quantitative estimate of drug-likeness (QED) is 0.678. The molecule has 0 aliphatic heterocycles. The molecule has 1 rings (SSSR count). The molecule has 0 amide bonds. The minimum absolute atomic E-state index is 0.201. The Morgan fingerprint density at radius 1 is 1.80 bits per heavy atom. The third-order valence-electron chi connectivity index (χ3n) is 1.36. The Kier molecular flexibility index (Phi) is 2.45. The highest BCUT2D eigenvalue weighted by molar-refractivity contribution is 4.95. The van der Waals surface area contributed by atoms with Crippen molar-refractivity contribution in [2.75, 3.05) is 6.61 Å². The first-order chi connectivity index (χ1) is 4.83. The Morgan fingerprint density at radius 3 is 3.10 bits per heavy atom. The van der Waals surface area contributed by atoms with Gasteiger partial charge in [-0.2, -0.15) is 0 Å². The molecule has 3 heteroatoms. The van der Waals surface area contributed by atoms with Crippen molar-refractivity contribution in [1.82, 2.24) is 5.16 Å². The normalized spacial score (nSPS) is 13.4. The molecule has 3 nitrogen and oxygen atoms in total. The van der Waals surface area contributed by atoms with Crippen molar-refractivity contribution in [2.24, 2.45) is 5.92 Å². The molecule has 0 aromatic carbocycles. The maximum Gasteiger partial charge on any atom is 0.124 e. The summed E-state index contributed by atoms with van der Waals surface area (Å²) in [5.74, 6) is 0.269. The molecule has 1 atom stereocenters. The lowest BCUT2D eigenvalue weighted by Crippen LogP contribution is -2.04. The van der Waals surface area contributed by atoms with Gasteiger partial charge in [0.1, 0.15) is 6.26 Å². The second-order valence-electron chi connectivity index (χ2n) is 2.48. The zero-order chi connectivity index (χ0) is 7.40. The van der Waals surface area contributed by atoms with Crippen LogP contribution >= 0.6 is 0 Å². The van der Waals surface area contributed by atoms with Gasteiger partial charge in [-0.15, -0.1) is 0 Å². The van der Waals surface area contributed by atoms with E-state index in [1.807, 2.05) is 13.0 Å². The number of hydrogen-bond donors (Lipinski definition) is 1. The predicted octanol–water partition coefficient (Wildman–Crippen LogP) is 0.845. The fourth-order valence-corrected chi connectivity index (χ4v) is 0.764. The summed E-state index contributed by atoms with van der Waals surface area (Å²) in [5.41, 5.74) is 0.904. The summed E-state index contributed by atoms with van der Waals surface area (Å²) in [4.78, 5) is 0. The van der Waals surface area contributed by atoms with Crippen LogP contribution in [0.2, 0.25) is 0 Å². The first-order valence-corrected chi connectivity index (χ1v) is 3.33. The third-order valence-corrected chi connectivity index (χ3v) is 1.36. The molecular weight excluding hydrogens is 130 g/mol. The standard InChI is InChI=1S/C7H11NO2/c1-6(5-9)4-7-2-3-10-8-7/h2-3,6,9H,4-5H2,1H3. The maximum absolute atomic E-state index is 8.68. The number of hydrogen-bond acceptors (Lipinski definition) is 3. The second kappa shape index (κ2) is 3.37. The number of nitrogens with zero attached hydrogens (tertiary/aromatic N) is 1. The van der Waals surface area contributed by atoms with Gasteiger partial charge < -0.3 is 9.63 Å². The highest BCUT2D eigenvalue weighted by Crippen LogP contribution is 2.04. The molecule has 0 aliphatic rings. The van der Waals surface area contributed by atoms with Gasteiger partial charge in [0.15, 0.2) is 0 Å². The Hall–Kier alpha value is -0.830. The molecule has 0 spiro atoms. The summed E-state index contributed by atoms with van der Waals surface area (Å²) >= 11 is 0. The minimum Gasteiger partial charge on any atom is -0.396 e. The minimum atomic E-state index is 0.201. The van der Waals surface area contributed by atoms with Crippen LogP contribution in [0, 0.1) is 5.92 Å². The lowest BCUT2D eigenvalue weighted by molar-refractivity contribution is 0.235. The highest BCUT2D eigenvalue weighted by Gasteiger charge is 2.03. The number of aliphatic hydroxyl groups is 1. The van der Waals surface area contributed by atoms with E-state index in [0.717, 1.165) is 12.1 Å².